The van der Waals surface area contributed by atoms with E-state index in [4.69, 9.17) is 0 Å². The van der Waals surface area contributed by atoms with Crippen LogP contribution in [-0.4, -0.2) is 40.0 Å². The van der Waals surface area contributed by atoms with Gasteiger partial charge in [-0.3, -0.25) is 0 Å². The zero-order valence-electron chi connectivity index (χ0n) is 14.1. The number of rotatable bonds is 4. The summed E-state index contributed by atoms with van der Waals surface area (Å²) in [5.41, 5.74) is 1.02. The highest BCUT2D eigenvalue weighted by atomic mass is 32.2. The Balaban J connectivity index is 1.81. The van der Waals surface area contributed by atoms with Gasteiger partial charge in [0.25, 0.3) is 0 Å². The molecular formula is C18H20FNO4S2. The van der Waals surface area contributed by atoms with Crippen LogP contribution in [0.25, 0.3) is 0 Å². The van der Waals surface area contributed by atoms with Crippen LogP contribution in [0.2, 0.25) is 0 Å². The van der Waals surface area contributed by atoms with E-state index in [0.717, 1.165) is 0 Å². The van der Waals surface area contributed by atoms with Crippen molar-refractivity contribution in [1.29, 1.82) is 0 Å². The van der Waals surface area contributed by atoms with Crippen molar-refractivity contribution in [3.8, 4) is 0 Å². The number of hydrogen-bond acceptors (Lipinski definition) is 4. The smallest absolute Gasteiger partial charge is 0.218 e. The van der Waals surface area contributed by atoms with E-state index in [2.05, 4.69) is 0 Å². The molecule has 0 saturated carbocycles. The predicted octanol–water partition coefficient (Wildman–Crippen LogP) is 2.52. The maximum atomic E-state index is 13.3. The molecular weight excluding hydrogens is 377 g/mol. The van der Waals surface area contributed by atoms with Crippen molar-refractivity contribution in [2.45, 2.75) is 17.4 Å². The van der Waals surface area contributed by atoms with Crippen molar-refractivity contribution in [2.75, 3.05) is 18.8 Å². The van der Waals surface area contributed by atoms with Crippen LogP contribution in [0.3, 0.4) is 0 Å². The Morgan fingerprint density at radius 3 is 2.46 bits per heavy atom. The fraction of sp³-hybridized carbons (Fsp3) is 0.333. The van der Waals surface area contributed by atoms with Gasteiger partial charge in [0.05, 0.1) is 16.8 Å². The molecule has 0 aliphatic carbocycles. The van der Waals surface area contributed by atoms with E-state index in [1.165, 1.54) is 22.5 Å². The molecule has 1 atom stereocenters. The minimum Gasteiger partial charge on any atom is -0.228 e. The number of benzene rings is 2. The summed E-state index contributed by atoms with van der Waals surface area (Å²) in [5, 5.41) is -0.710. The normalized spacial score (nSPS) is 21.2. The van der Waals surface area contributed by atoms with Gasteiger partial charge in [0.1, 0.15) is 5.82 Å². The van der Waals surface area contributed by atoms with Crippen molar-refractivity contribution in [2.24, 2.45) is 0 Å². The maximum absolute atomic E-state index is 13.3. The Kier molecular flexibility index (Phi) is 5.45. The summed E-state index contributed by atoms with van der Waals surface area (Å²) in [6, 6.07) is 14.3. The van der Waals surface area contributed by atoms with Gasteiger partial charge in [-0.05, 0) is 29.7 Å². The topological polar surface area (TPSA) is 71.5 Å². The van der Waals surface area contributed by atoms with Gasteiger partial charge in [-0.1, -0.05) is 42.5 Å². The van der Waals surface area contributed by atoms with Gasteiger partial charge in [0.2, 0.25) is 10.0 Å². The monoisotopic (exact) mass is 397 g/mol. The third-order valence-electron chi connectivity index (χ3n) is 4.50. The lowest BCUT2D eigenvalue weighted by atomic mass is 10.1. The first kappa shape index (κ1) is 19.0. The Hall–Kier alpha value is -1.77. The lowest BCUT2D eigenvalue weighted by Crippen LogP contribution is -2.34. The highest BCUT2D eigenvalue weighted by molar-refractivity contribution is 7.91. The average Bonchev–Trinajstić information content (AvgIpc) is 2.74. The highest BCUT2D eigenvalue weighted by Crippen LogP contribution is 2.30. The molecule has 1 aliphatic heterocycles. The molecule has 3 rings (SSSR count). The second-order valence-electron chi connectivity index (χ2n) is 6.34. The van der Waals surface area contributed by atoms with Crippen LogP contribution in [0.5, 0.6) is 0 Å². The summed E-state index contributed by atoms with van der Waals surface area (Å²) < 4.78 is 65.1. The lowest BCUT2D eigenvalue weighted by molar-refractivity contribution is 0.427. The first-order valence-corrected chi connectivity index (χ1v) is 11.6. The zero-order chi connectivity index (χ0) is 18.8. The maximum Gasteiger partial charge on any atom is 0.218 e. The number of halogens is 1. The van der Waals surface area contributed by atoms with Crippen LogP contribution in [0.15, 0.2) is 54.6 Å². The fourth-order valence-corrected chi connectivity index (χ4v) is 6.62. The third kappa shape index (κ3) is 4.31. The van der Waals surface area contributed by atoms with E-state index in [-0.39, 0.29) is 31.0 Å². The average molecular weight is 397 g/mol. The molecule has 0 amide bonds. The predicted molar refractivity (Wildman–Crippen MR) is 98.2 cm³/mol. The SMILES string of the molecule is O=S1(=O)CCN(S(=O)(=O)Cc2cccc(F)c2)CCC1c1ccccc1. The minimum atomic E-state index is -3.73. The van der Waals surface area contributed by atoms with Gasteiger partial charge in [-0.25, -0.2) is 25.5 Å². The molecule has 2 aromatic rings. The summed E-state index contributed by atoms with van der Waals surface area (Å²) in [6.07, 6.45) is 0.203. The van der Waals surface area contributed by atoms with Crippen LogP contribution in [0.4, 0.5) is 4.39 Å². The molecule has 8 heteroatoms. The summed E-state index contributed by atoms with van der Waals surface area (Å²) in [7, 11) is -7.18. The van der Waals surface area contributed by atoms with Crippen LogP contribution >= 0.6 is 0 Å². The van der Waals surface area contributed by atoms with E-state index < -0.39 is 30.9 Å². The van der Waals surface area contributed by atoms with Gasteiger partial charge >= 0.3 is 0 Å². The van der Waals surface area contributed by atoms with Crippen molar-refractivity contribution >= 4 is 19.9 Å². The van der Waals surface area contributed by atoms with Crippen LogP contribution in [0.1, 0.15) is 22.8 Å². The molecule has 0 spiro atoms. The first-order valence-electron chi connectivity index (χ1n) is 8.27. The Morgan fingerprint density at radius 1 is 1.04 bits per heavy atom. The molecule has 0 radical (unpaired) electrons. The number of nitrogens with zero attached hydrogens (tertiary/aromatic N) is 1. The van der Waals surface area contributed by atoms with Crippen molar-refractivity contribution in [1.82, 2.24) is 4.31 Å². The van der Waals surface area contributed by atoms with Gasteiger partial charge in [0, 0.05) is 13.1 Å². The minimum absolute atomic E-state index is 0.0800. The van der Waals surface area contributed by atoms with Crippen LogP contribution in [0, 0.1) is 5.82 Å². The number of hydrogen-bond donors (Lipinski definition) is 0. The summed E-state index contributed by atoms with van der Waals surface area (Å²) >= 11 is 0. The molecule has 5 nitrogen and oxygen atoms in total. The molecule has 26 heavy (non-hydrogen) atoms. The van der Waals surface area contributed by atoms with Gasteiger partial charge in [-0.15, -0.1) is 0 Å². The second kappa shape index (κ2) is 7.46. The molecule has 1 saturated heterocycles. The second-order valence-corrected chi connectivity index (χ2v) is 10.6. The number of sulfonamides is 1. The molecule has 0 aromatic heterocycles. The van der Waals surface area contributed by atoms with E-state index in [9.17, 15) is 21.2 Å². The highest BCUT2D eigenvalue weighted by Gasteiger charge is 2.34. The summed E-state index contributed by atoms with van der Waals surface area (Å²) in [5.74, 6) is -1.07. The summed E-state index contributed by atoms with van der Waals surface area (Å²) in [6.45, 7) is 0.0414. The van der Waals surface area contributed by atoms with Crippen molar-refractivity contribution < 1.29 is 21.2 Å². The van der Waals surface area contributed by atoms with E-state index >= 15 is 0 Å². The standard InChI is InChI=1S/C18H20FNO4S2/c19-17-8-4-5-15(13-17)14-26(23,24)20-10-9-18(25(21,22)12-11-20)16-6-2-1-3-7-16/h1-8,13,18H,9-12,14H2. The van der Waals surface area contributed by atoms with Gasteiger partial charge in [-0.2, -0.15) is 0 Å². The number of sulfone groups is 1. The molecule has 1 aliphatic rings. The van der Waals surface area contributed by atoms with Gasteiger partial charge in [0.15, 0.2) is 9.84 Å². The first-order chi connectivity index (χ1) is 12.3. The van der Waals surface area contributed by atoms with Crippen molar-refractivity contribution in [3.05, 3.63) is 71.5 Å². The molecule has 1 heterocycles. The molecule has 1 fully saturated rings. The van der Waals surface area contributed by atoms with E-state index in [1.807, 2.05) is 6.07 Å². The Labute approximate surface area is 153 Å². The largest absolute Gasteiger partial charge is 0.228 e. The molecule has 2 aromatic carbocycles. The molecule has 0 bridgehead atoms. The summed E-state index contributed by atoms with van der Waals surface area (Å²) in [4.78, 5) is 0. The van der Waals surface area contributed by atoms with E-state index in [1.54, 1.807) is 30.3 Å². The van der Waals surface area contributed by atoms with Crippen molar-refractivity contribution in [3.63, 3.8) is 0 Å². The quantitative estimate of drug-likeness (QED) is 0.795. The molecule has 1 unspecified atom stereocenters. The van der Waals surface area contributed by atoms with Crippen LogP contribution < -0.4 is 0 Å². The van der Waals surface area contributed by atoms with Gasteiger partial charge < -0.3 is 0 Å². The lowest BCUT2D eigenvalue weighted by Gasteiger charge is -2.19. The van der Waals surface area contributed by atoms with E-state index in [0.29, 0.717) is 11.1 Å². The fourth-order valence-electron chi connectivity index (χ4n) is 3.17. The Bertz CT molecular complexity index is 975. The Morgan fingerprint density at radius 2 is 1.77 bits per heavy atom. The third-order valence-corrected chi connectivity index (χ3v) is 8.48. The van der Waals surface area contributed by atoms with Crippen LogP contribution in [-0.2, 0) is 25.6 Å². The molecule has 140 valence electrons. The molecule has 0 N–H and O–H groups in total. The zero-order valence-corrected chi connectivity index (χ0v) is 15.7.